The van der Waals surface area contributed by atoms with Crippen molar-refractivity contribution >= 4 is 21.1 Å². The molecule has 0 radical (unpaired) electrons. The zero-order valence-corrected chi connectivity index (χ0v) is 17.6. The summed E-state index contributed by atoms with van der Waals surface area (Å²) in [6, 6.07) is 7.05. The summed E-state index contributed by atoms with van der Waals surface area (Å²) in [5.41, 5.74) is -0.115. The van der Waals surface area contributed by atoms with Crippen LogP contribution in [0.15, 0.2) is 51.3 Å². The maximum Gasteiger partial charge on any atom is 0.416 e. The lowest BCUT2D eigenvalue weighted by Crippen LogP contribution is -2.33. The van der Waals surface area contributed by atoms with Crippen molar-refractivity contribution in [1.29, 1.82) is 0 Å². The number of halogens is 3. The van der Waals surface area contributed by atoms with E-state index in [0.717, 1.165) is 12.1 Å². The van der Waals surface area contributed by atoms with Gasteiger partial charge in [-0.05, 0) is 50.2 Å². The molecule has 0 unspecified atom stereocenters. The normalized spacial score (nSPS) is 15.3. The number of rotatable bonds is 5. The van der Waals surface area contributed by atoms with Gasteiger partial charge in [0, 0.05) is 6.54 Å². The Morgan fingerprint density at radius 2 is 1.81 bits per heavy atom. The lowest BCUT2D eigenvalue weighted by atomic mass is 10.2. The Morgan fingerprint density at radius 1 is 1.10 bits per heavy atom. The molecule has 1 N–H and O–H groups in total. The van der Waals surface area contributed by atoms with Crippen LogP contribution >= 0.6 is 0 Å². The van der Waals surface area contributed by atoms with Crippen molar-refractivity contribution in [1.82, 2.24) is 14.3 Å². The Kier molecular flexibility index (Phi) is 5.34. The first-order valence-electron chi connectivity index (χ1n) is 9.69. The average Bonchev–Trinajstić information content (AvgIpc) is 3.10. The van der Waals surface area contributed by atoms with E-state index in [1.807, 2.05) is 0 Å². The zero-order valence-electron chi connectivity index (χ0n) is 16.8. The number of hydrogen-bond acceptors (Lipinski definition) is 5. The van der Waals surface area contributed by atoms with Gasteiger partial charge in [-0.25, -0.2) is 18.1 Å². The predicted octanol–water partition coefficient (Wildman–Crippen LogP) is 2.37. The van der Waals surface area contributed by atoms with Crippen molar-refractivity contribution in [2.24, 2.45) is 9.98 Å². The average molecular weight is 451 g/mol. The Hall–Kier alpha value is -2.79. The summed E-state index contributed by atoms with van der Waals surface area (Å²) in [6.45, 7) is 4.77. The predicted molar refractivity (Wildman–Crippen MR) is 108 cm³/mol. The van der Waals surface area contributed by atoms with Gasteiger partial charge in [0.2, 0.25) is 10.0 Å². The van der Waals surface area contributed by atoms with Gasteiger partial charge >= 0.3 is 6.18 Å². The molecule has 4 rings (SSSR count). The number of fused-ring (bicyclic) bond motifs is 2. The molecule has 1 aliphatic heterocycles. The number of aryl methyl sites for hydroxylation is 1. The number of nitrogens with zero attached hydrogens (tertiary/aromatic N) is 4. The third-order valence-corrected chi connectivity index (χ3v) is 6.60. The molecule has 0 saturated carbocycles. The van der Waals surface area contributed by atoms with Crippen LogP contribution in [0.2, 0.25) is 0 Å². The first-order chi connectivity index (χ1) is 14.6. The van der Waals surface area contributed by atoms with Crippen molar-refractivity contribution in [3.05, 3.63) is 58.5 Å². The van der Waals surface area contributed by atoms with Crippen molar-refractivity contribution in [2.75, 3.05) is 13.1 Å². The number of imidazole rings is 1. The van der Waals surface area contributed by atoms with Gasteiger partial charge < -0.3 is 4.57 Å². The molecule has 1 aromatic heterocycles. The molecule has 11 heteroatoms. The number of benzene rings is 2. The molecule has 0 fully saturated rings. The number of aromatic nitrogens is 2. The summed E-state index contributed by atoms with van der Waals surface area (Å²) >= 11 is 0. The summed E-state index contributed by atoms with van der Waals surface area (Å²) in [5.74, 6) is 0.332. The van der Waals surface area contributed by atoms with E-state index in [1.54, 1.807) is 24.5 Å². The molecular formula is C20H20F3N5O2S. The highest BCUT2D eigenvalue weighted by molar-refractivity contribution is 7.89. The molecule has 0 spiro atoms. The molecule has 1 atom stereocenters. The van der Waals surface area contributed by atoms with Crippen LogP contribution in [0.5, 0.6) is 0 Å². The number of nitrogens with one attached hydrogen (secondary N) is 1. The monoisotopic (exact) mass is 451 g/mol. The maximum atomic E-state index is 13.1. The molecule has 7 nitrogen and oxygen atoms in total. The molecule has 1 aliphatic rings. The van der Waals surface area contributed by atoms with E-state index >= 15 is 0 Å². The molecule has 0 bridgehead atoms. The van der Waals surface area contributed by atoms with Crippen molar-refractivity contribution < 1.29 is 21.6 Å². The minimum absolute atomic E-state index is 0.0393. The minimum atomic E-state index is -4.48. The fraction of sp³-hybridized carbons (Fsp3) is 0.350. The lowest BCUT2D eigenvalue weighted by Gasteiger charge is -2.16. The Balaban J connectivity index is 1.70. The molecule has 0 aliphatic carbocycles. The van der Waals surface area contributed by atoms with Crippen molar-refractivity contribution in [3.8, 4) is 0 Å². The van der Waals surface area contributed by atoms with Crippen LogP contribution in [0.1, 0.15) is 31.3 Å². The van der Waals surface area contributed by atoms with Crippen LogP contribution in [-0.2, 0) is 22.7 Å². The van der Waals surface area contributed by atoms with Crippen LogP contribution in [0.4, 0.5) is 13.2 Å². The van der Waals surface area contributed by atoms with E-state index in [2.05, 4.69) is 19.7 Å². The number of hydrogen-bond donors (Lipinski definition) is 1. The summed E-state index contributed by atoms with van der Waals surface area (Å²) < 4.78 is 69.4. The summed E-state index contributed by atoms with van der Waals surface area (Å²) in [5, 5.41) is 1.16. The highest BCUT2D eigenvalue weighted by atomic mass is 32.2. The maximum absolute atomic E-state index is 13.1. The first kappa shape index (κ1) is 21.4. The summed E-state index contributed by atoms with van der Waals surface area (Å²) in [4.78, 5) is 13.0. The second kappa shape index (κ2) is 7.72. The third-order valence-electron chi connectivity index (χ3n) is 5.06. The third kappa shape index (κ3) is 4.07. The quantitative estimate of drug-likeness (QED) is 0.646. The first-order valence-corrected chi connectivity index (χ1v) is 11.2. The fourth-order valence-corrected chi connectivity index (χ4v) is 4.83. The van der Waals surface area contributed by atoms with E-state index in [0.29, 0.717) is 47.2 Å². The molecule has 3 aromatic rings. The highest BCUT2D eigenvalue weighted by Crippen LogP contribution is 2.32. The Bertz CT molecular complexity index is 1380. The van der Waals surface area contributed by atoms with Gasteiger partial charge in [0.05, 0.1) is 51.3 Å². The van der Waals surface area contributed by atoms with E-state index in [-0.39, 0.29) is 4.90 Å². The van der Waals surface area contributed by atoms with Gasteiger partial charge in [0.15, 0.2) is 0 Å². The van der Waals surface area contributed by atoms with Gasteiger partial charge in [0.25, 0.3) is 0 Å². The topological polar surface area (TPSA) is 88.7 Å². The SMILES string of the molecule is CCn1c([C@@H](C)NS(=O)(=O)c2ccc3c(c2)=NCCN=3)nc2ccc(C(F)(F)F)cc21. The van der Waals surface area contributed by atoms with E-state index in [1.165, 1.54) is 18.2 Å². The Labute approximate surface area is 176 Å². The van der Waals surface area contributed by atoms with Crippen LogP contribution < -0.4 is 15.4 Å². The molecule has 31 heavy (non-hydrogen) atoms. The number of sulfonamides is 1. The molecule has 0 saturated heterocycles. The standard InChI is InChI=1S/C20H20F3N5O2S/c1-3-28-18-10-13(20(21,22)23)4-6-16(18)26-19(28)12(2)27-31(29,30)14-5-7-15-17(11-14)25-9-8-24-15/h4-7,10-12,27H,3,8-9H2,1-2H3/t12-/m1/s1. The van der Waals surface area contributed by atoms with E-state index < -0.39 is 27.8 Å². The second-order valence-corrected chi connectivity index (χ2v) is 8.89. The number of alkyl halides is 3. The van der Waals surface area contributed by atoms with Gasteiger partial charge in [-0.3, -0.25) is 9.98 Å². The lowest BCUT2D eigenvalue weighted by molar-refractivity contribution is -0.137. The van der Waals surface area contributed by atoms with Crippen LogP contribution in [0.3, 0.4) is 0 Å². The summed E-state index contributed by atoms with van der Waals surface area (Å²) in [6.07, 6.45) is -4.48. The summed E-state index contributed by atoms with van der Waals surface area (Å²) in [7, 11) is -3.92. The second-order valence-electron chi connectivity index (χ2n) is 7.17. The minimum Gasteiger partial charge on any atom is -0.327 e. The molecule has 2 heterocycles. The van der Waals surface area contributed by atoms with Crippen LogP contribution in [-0.4, -0.2) is 31.1 Å². The largest absolute Gasteiger partial charge is 0.416 e. The van der Waals surface area contributed by atoms with Gasteiger partial charge in [-0.2, -0.15) is 13.2 Å². The highest BCUT2D eigenvalue weighted by Gasteiger charge is 2.31. The van der Waals surface area contributed by atoms with Gasteiger partial charge in [0.1, 0.15) is 5.82 Å². The van der Waals surface area contributed by atoms with E-state index in [9.17, 15) is 21.6 Å². The molecule has 164 valence electrons. The molecular weight excluding hydrogens is 431 g/mol. The van der Waals surface area contributed by atoms with Gasteiger partial charge in [-0.1, -0.05) is 0 Å². The molecule has 0 amide bonds. The Morgan fingerprint density at radius 3 is 2.48 bits per heavy atom. The van der Waals surface area contributed by atoms with Crippen molar-refractivity contribution in [3.63, 3.8) is 0 Å². The van der Waals surface area contributed by atoms with Gasteiger partial charge in [-0.15, -0.1) is 0 Å². The smallest absolute Gasteiger partial charge is 0.327 e. The van der Waals surface area contributed by atoms with E-state index in [4.69, 9.17) is 0 Å². The zero-order chi connectivity index (χ0) is 22.4. The molecule has 2 aromatic carbocycles. The van der Waals surface area contributed by atoms with Crippen LogP contribution in [0, 0.1) is 0 Å². The fourth-order valence-electron chi connectivity index (χ4n) is 3.61. The van der Waals surface area contributed by atoms with Crippen LogP contribution in [0.25, 0.3) is 11.0 Å². The van der Waals surface area contributed by atoms with Crippen molar-refractivity contribution in [2.45, 2.75) is 37.5 Å².